The first kappa shape index (κ1) is 24.7. The highest BCUT2D eigenvalue weighted by Gasteiger charge is 2.14. The molecule has 1 aromatic heterocycles. The predicted octanol–water partition coefficient (Wildman–Crippen LogP) is 4.49. The number of carbonyl (C=O) groups is 1. The Kier molecular flexibility index (Phi) is 8.36. The van der Waals surface area contributed by atoms with E-state index in [1.807, 2.05) is 24.3 Å². The standard InChI is InChI=1S/C27H35N5O3/c1-19(17-28-20(2)33)21-7-9-22(10-8-21)31-27-23-15-26(25(34-3)16-24(23)29-18-30-27)35-14-6-13-32-11-4-5-12-32/h7-10,15-16,18-19H,4-6,11-14,17H2,1-3H3,(H,28,33)(H,29,30,31). The molecule has 1 amide bonds. The number of hydrogen-bond donors (Lipinski definition) is 2. The second-order valence-corrected chi connectivity index (χ2v) is 9.08. The van der Waals surface area contributed by atoms with Crippen molar-refractivity contribution in [2.75, 3.05) is 45.2 Å². The Hall–Kier alpha value is -3.39. The van der Waals surface area contributed by atoms with E-state index in [4.69, 9.17) is 9.47 Å². The SMILES string of the molecule is COc1cc2ncnc(Nc3ccc(C(C)CNC(C)=O)cc3)c2cc1OCCCN1CCCC1. The van der Waals surface area contributed by atoms with Crippen molar-refractivity contribution in [1.29, 1.82) is 0 Å². The van der Waals surface area contributed by atoms with Crippen LogP contribution in [0.25, 0.3) is 10.9 Å². The van der Waals surface area contributed by atoms with Crippen LogP contribution in [0.2, 0.25) is 0 Å². The molecule has 0 aliphatic carbocycles. The lowest BCUT2D eigenvalue weighted by atomic mass is 10.0. The summed E-state index contributed by atoms with van der Waals surface area (Å²) in [4.78, 5) is 22.6. The van der Waals surface area contributed by atoms with Crippen molar-refractivity contribution in [3.8, 4) is 11.5 Å². The fourth-order valence-electron chi connectivity index (χ4n) is 4.36. The summed E-state index contributed by atoms with van der Waals surface area (Å²) >= 11 is 0. The molecule has 8 heteroatoms. The smallest absolute Gasteiger partial charge is 0.216 e. The number of likely N-dealkylation sites (tertiary alicyclic amines) is 1. The normalized spacial score (nSPS) is 14.6. The summed E-state index contributed by atoms with van der Waals surface area (Å²) in [6.07, 6.45) is 5.12. The van der Waals surface area contributed by atoms with Crippen LogP contribution in [0.4, 0.5) is 11.5 Å². The van der Waals surface area contributed by atoms with Gasteiger partial charge in [0.05, 0.1) is 19.2 Å². The minimum Gasteiger partial charge on any atom is -0.493 e. The second-order valence-electron chi connectivity index (χ2n) is 9.08. The highest BCUT2D eigenvalue weighted by atomic mass is 16.5. The van der Waals surface area contributed by atoms with E-state index in [-0.39, 0.29) is 11.8 Å². The topological polar surface area (TPSA) is 88.6 Å². The molecule has 1 aliphatic rings. The lowest BCUT2D eigenvalue weighted by molar-refractivity contribution is -0.119. The molecule has 0 spiro atoms. The quantitative estimate of drug-likeness (QED) is 0.394. The van der Waals surface area contributed by atoms with Crippen LogP contribution in [-0.2, 0) is 4.79 Å². The Morgan fingerprint density at radius 3 is 2.60 bits per heavy atom. The van der Waals surface area contributed by atoms with Crippen molar-refractivity contribution in [3.05, 3.63) is 48.3 Å². The summed E-state index contributed by atoms with van der Waals surface area (Å²) in [7, 11) is 1.65. The van der Waals surface area contributed by atoms with Gasteiger partial charge >= 0.3 is 0 Å². The van der Waals surface area contributed by atoms with Gasteiger partial charge in [-0.2, -0.15) is 0 Å². The Morgan fingerprint density at radius 1 is 1.11 bits per heavy atom. The third kappa shape index (κ3) is 6.60. The molecular weight excluding hydrogens is 442 g/mol. The summed E-state index contributed by atoms with van der Waals surface area (Å²) in [6.45, 7) is 8.32. The first-order valence-electron chi connectivity index (χ1n) is 12.3. The number of methoxy groups -OCH3 is 1. The lowest BCUT2D eigenvalue weighted by Crippen LogP contribution is -2.24. The van der Waals surface area contributed by atoms with Crippen LogP contribution in [0.15, 0.2) is 42.7 Å². The number of anilines is 2. The number of ether oxygens (including phenoxy) is 2. The third-order valence-electron chi connectivity index (χ3n) is 6.40. The van der Waals surface area contributed by atoms with Gasteiger partial charge in [0.25, 0.3) is 0 Å². The van der Waals surface area contributed by atoms with Gasteiger partial charge in [0.2, 0.25) is 5.91 Å². The first-order chi connectivity index (χ1) is 17.0. The summed E-state index contributed by atoms with van der Waals surface area (Å²) in [5.74, 6) is 2.28. The van der Waals surface area contributed by atoms with E-state index in [2.05, 4.69) is 44.6 Å². The van der Waals surface area contributed by atoms with E-state index < -0.39 is 0 Å². The molecular formula is C27H35N5O3. The van der Waals surface area contributed by atoms with Crippen molar-refractivity contribution in [1.82, 2.24) is 20.2 Å². The van der Waals surface area contributed by atoms with E-state index in [1.165, 1.54) is 32.9 Å². The van der Waals surface area contributed by atoms with Crippen LogP contribution in [0.1, 0.15) is 44.6 Å². The number of carbonyl (C=O) groups excluding carboxylic acids is 1. The number of amides is 1. The summed E-state index contributed by atoms with van der Waals surface area (Å²) in [6, 6.07) is 12.0. The summed E-state index contributed by atoms with van der Waals surface area (Å²) in [5.41, 5.74) is 2.86. The molecule has 3 aromatic rings. The van der Waals surface area contributed by atoms with E-state index >= 15 is 0 Å². The van der Waals surface area contributed by atoms with Gasteiger partial charge in [-0.05, 0) is 62.0 Å². The van der Waals surface area contributed by atoms with Crippen LogP contribution in [0.3, 0.4) is 0 Å². The van der Waals surface area contributed by atoms with Crippen LogP contribution in [-0.4, -0.2) is 60.7 Å². The molecule has 2 aromatic carbocycles. The van der Waals surface area contributed by atoms with Gasteiger partial charge in [0.15, 0.2) is 11.5 Å². The molecule has 35 heavy (non-hydrogen) atoms. The van der Waals surface area contributed by atoms with Crippen LogP contribution in [0.5, 0.6) is 11.5 Å². The Bertz CT molecular complexity index is 1130. The summed E-state index contributed by atoms with van der Waals surface area (Å²) < 4.78 is 11.7. The number of fused-ring (bicyclic) bond motifs is 1. The average molecular weight is 478 g/mol. The van der Waals surface area contributed by atoms with Gasteiger partial charge in [-0.15, -0.1) is 0 Å². The van der Waals surface area contributed by atoms with Crippen molar-refractivity contribution in [2.45, 2.75) is 39.0 Å². The van der Waals surface area contributed by atoms with Crippen LogP contribution >= 0.6 is 0 Å². The van der Waals surface area contributed by atoms with Gasteiger partial charge < -0.3 is 25.0 Å². The zero-order chi connectivity index (χ0) is 24.6. The van der Waals surface area contributed by atoms with Crippen molar-refractivity contribution in [3.63, 3.8) is 0 Å². The number of nitrogens with zero attached hydrogens (tertiary/aromatic N) is 3. The predicted molar refractivity (Wildman–Crippen MR) is 139 cm³/mol. The molecule has 1 unspecified atom stereocenters. The first-order valence-corrected chi connectivity index (χ1v) is 12.3. The molecule has 0 radical (unpaired) electrons. The largest absolute Gasteiger partial charge is 0.493 e. The van der Waals surface area contributed by atoms with Gasteiger partial charge in [-0.1, -0.05) is 19.1 Å². The second kappa shape index (κ2) is 11.8. The fraction of sp³-hybridized carbons (Fsp3) is 0.444. The zero-order valence-corrected chi connectivity index (χ0v) is 20.8. The van der Waals surface area contributed by atoms with Gasteiger partial charge in [-0.25, -0.2) is 9.97 Å². The maximum Gasteiger partial charge on any atom is 0.216 e. The maximum atomic E-state index is 11.2. The average Bonchev–Trinajstić information content (AvgIpc) is 3.39. The molecule has 4 rings (SSSR count). The van der Waals surface area contributed by atoms with Gasteiger partial charge in [0.1, 0.15) is 12.1 Å². The molecule has 1 aliphatic heterocycles. The maximum absolute atomic E-state index is 11.2. The van der Waals surface area contributed by atoms with E-state index in [9.17, 15) is 4.79 Å². The van der Waals surface area contributed by atoms with E-state index in [0.717, 1.165) is 35.1 Å². The van der Waals surface area contributed by atoms with Crippen LogP contribution < -0.4 is 20.1 Å². The fourth-order valence-corrected chi connectivity index (χ4v) is 4.36. The number of hydrogen-bond acceptors (Lipinski definition) is 7. The third-order valence-corrected chi connectivity index (χ3v) is 6.40. The van der Waals surface area contributed by atoms with Gasteiger partial charge in [0, 0.05) is 37.2 Å². The molecule has 0 bridgehead atoms. The van der Waals surface area contributed by atoms with E-state index in [0.29, 0.717) is 30.5 Å². The van der Waals surface area contributed by atoms with Crippen LogP contribution in [0, 0.1) is 0 Å². The highest BCUT2D eigenvalue weighted by Crippen LogP contribution is 2.35. The summed E-state index contributed by atoms with van der Waals surface area (Å²) in [5, 5.41) is 7.14. The van der Waals surface area contributed by atoms with Crippen molar-refractivity contribution in [2.24, 2.45) is 0 Å². The Morgan fingerprint density at radius 2 is 1.89 bits per heavy atom. The minimum atomic E-state index is -0.0163. The Balaban J connectivity index is 1.46. The van der Waals surface area contributed by atoms with Gasteiger partial charge in [-0.3, -0.25) is 4.79 Å². The Labute approximate surface area is 207 Å². The molecule has 0 saturated carbocycles. The monoisotopic (exact) mass is 477 g/mol. The van der Waals surface area contributed by atoms with Crippen molar-refractivity contribution < 1.29 is 14.3 Å². The molecule has 1 atom stereocenters. The molecule has 1 fully saturated rings. The molecule has 2 heterocycles. The highest BCUT2D eigenvalue weighted by molar-refractivity contribution is 5.93. The van der Waals surface area contributed by atoms with Crippen molar-refractivity contribution >= 4 is 28.3 Å². The minimum absolute atomic E-state index is 0.0163. The molecule has 186 valence electrons. The number of nitrogens with one attached hydrogen (secondary N) is 2. The molecule has 8 nitrogen and oxygen atoms in total. The lowest BCUT2D eigenvalue weighted by Gasteiger charge is -2.16. The number of rotatable bonds is 11. The van der Waals surface area contributed by atoms with E-state index in [1.54, 1.807) is 13.4 Å². The zero-order valence-electron chi connectivity index (χ0n) is 20.8. The molecule has 2 N–H and O–H groups in total. The number of benzene rings is 2. The molecule has 1 saturated heterocycles. The number of aromatic nitrogens is 2.